The van der Waals surface area contributed by atoms with Gasteiger partial charge in [0.25, 0.3) is 0 Å². The molecule has 0 radical (unpaired) electrons. The summed E-state index contributed by atoms with van der Waals surface area (Å²) in [7, 11) is 0. The number of thiophene rings is 1. The minimum Gasteiger partial charge on any atom is -0.347 e. The van der Waals surface area contributed by atoms with Gasteiger partial charge in [-0.25, -0.2) is 15.0 Å². The van der Waals surface area contributed by atoms with E-state index in [1.54, 1.807) is 24.0 Å². The van der Waals surface area contributed by atoms with Crippen molar-refractivity contribution in [1.82, 2.24) is 19.9 Å². The summed E-state index contributed by atoms with van der Waals surface area (Å²) in [6.45, 7) is 0.910. The molecule has 0 aromatic carbocycles. The zero-order valence-corrected chi connectivity index (χ0v) is 12.5. The Hall–Kier alpha value is -1.95. The van der Waals surface area contributed by atoms with Crippen LogP contribution in [0.15, 0.2) is 30.2 Å². The van der Waals surface area contributed by atoms with Crippen LogP contribution < -0.4 is 4.90 Å². The van der Waals surface area contributed by atoms with Crippen molar-refractivity contribution in [3.63, 3.8) is 0 Å². The summed E-state index contributed by atoms with van der Waals surface area (Å²) >= 11 is 1.80. The molecular weight excluding hydrogens is 282 g/mol. The molecule has 3 aromatic heterocycles. The number of nitrogens with one attached hydrogen (secondary N) is 1. The molecule has 1 aliphatic rings. The van der Waals surface area contributed by atoms with Crippen LogP contribution in [0.3, 0.4) is 0 Å². The molecule has 6 heteroatoms. The molecule has 1 fully saturated rings. The van der Waals surface area contributed by atoms with Gasteiger partial charge in [0.2, 0.25) is 0 Å². The molecule has 0 saturated heterocycles. The minimum absolute atomic E-state index is 0.563. The fourth-order valence-electron chi connectivity index (χ4n) is 3.13. The summed E-state index contributed by atoms with van der Waals surface area (Å²) in [6, 6.07) is 4.87. The monoisotopic (exact) mass is 299 g/mol. The summed E-state index contributed by atoms with van der Waals surface area (Å²) in [5.41, 5.74) is 1.69. The molecule has 1 aliphatic carbocycles. The molecule has 0 unspecified atom stereocenters. The van der Waals surface area contributed by atoms with E-state index < -0.39 is 0 Å². The Morgan fingerprint density at radius 2 is 2.14 bits per heavy atom. The quantitative estimate of drug-likeness (QED) is 0.802. The van der Waals surface area contributed by atoms with Crippen LogP contribution in [0.5, 0.6) is 0 Å². The van der Waals surface area contributed by atoms with E-state index in [4.69, 9.17) is 0 Å². The molecule has 1 N–H and O–H groups in total. The van der Waals surface area contributed by atoms with E-state index in [0.29, 0.717) is 6.04 Å². The van der Waals surface area contributed by atoms with E-state index >= 15 is 0 Å². The molecule has 4 rings (SSSR count). The number of fused-ring (bicyclic) bond motifs is 1. The lowest BCUT2D eigenvalue weighted by atomic mass is 10.2. The average molecular weight is 299 g/mol. The molecule has 0 atom stereocenters. The number of aromatic amines is 1. The summed E-state index contributed by atoms with van der Waals surface area (Å²) in [5, 5.41) is 2.13. The molecule has 3 heterocycles. The maximum Gasteiger partial charge on any atom is 0.182 e. The van der Waals surface area contributed by atoms with Gasteiger partial charge in [-0.15, -0.1) is 11.3 Å². The van der Waals surface area contributed by atoms with Crippen LogP contribution in [0.4, 0.5) is 5.82 Å². The van der Waals surface area contributed by atoms with Crippen LogP contribution in [0.2, 0.25) is 0 Å². The standard InChI is InChI=1S/C15H17N5S/c1-2-5-11(4-1)20(8-12-6-3-7-21-12)15-13-14(17-9-16-13)18-10-19-15/h3,6-7,9-11H,1-2,4-5,8H2,(H,16,17,18,19). The lowest BCUT2D eigenvalue weighted by Crippen LogP contribution is -2.33. The average Bonchev–Trinajstić information content (AvgIpc) is 3.24. The van der Waals surface area contributed by atoms with Gasteiger partial charge in [0.1, 0.15) is 11.8 Å². The van der Waals surface area contributed by atoms with Crippen molar-refractivity contribution < 1.29 is 0 Å². The lowest BCUT2D eigenvalue weighted by molar-refractivity contribution is 0.602. The molecule has 21 heavy (non-hydrogen) atoms. The van der Waals surface area contributed by atoms with Crippen molar-refractivity contribution in [2.24, 2.45) is 0 Å². The van der Waals surface area contributed by atoms with E-state index in [1.807, 2.05) is 0 Å². The van der Waals surface area contributed by atoms with Gasteiger partial charge in [0.15, 0.2) is 11.5 Å². The van der Waals surface area contributed by atoms with Crippen LogP contribution in [-0.2, 0) is 6.54 Å². The zero-order chi connectivity index (χ0) is 14.1. The fraction of sp³-hybridized carbons (Fsp3) is 0.400. The van der Waals surface area contributed by atoms with Gasteiger partial charge in [-0.2, -0.15) is 0 Å². The van der Waals surface area contributed by atoms with Gasteiger partial charge in [-0.05, 0) is 24.3 Å². The van der Waals surface area contributed by atoms with Crippen LogP contribution in [-0.4, -0.2) is 26.0 Å². The van der Waals surface area contributed by atoms with Crippen LogP contribution in [0, 0.1) is 0 Å². The normalized spacial score (nSPS) is 15.8. The number of imidazole rings is 1. The number of hydrogen-bond acceptors (Lipinski definition) is 5. The third kappa shape index (κ3) is 2.40. The molecule has 1 saturated carbocycles. The number of aromatic nitrogens is 4. The predicted octanol–water partition coefficient (Wildman–Crippen LogP) is 3.36. The second-order valence-electron chi connectivity index (χ2n) is 5.44. The van der Waals surface area contributed by atoms with E-state index in [1.165, 1.54) is 30.6 Å². The van der Waals surface area contributed by atoms with Crippen LogP contribution >= 0.6 is 11.3 Å². The van der Waals surface area contributed by atoms with E-state index in [0.717, 1.165) is 23.5 Å². The summed E-state index contributed by atoms with van der Waals surface area (Å²) < 4.78 is 0. The first kappa shape index (κ1) is 12.8. The Balaban J connectivity index is 1.75. The van der Waals surface area contributed by atoms with Gasteiger partial charge in [-0.1, -0.05) is 18.9 Å². The highest BCUT2D eigenvalue weighted by Crippen LogP contribution is 2.31. The van der Waals surface area contributed by atoms with E-state index in [2.05, 4.69) is 42.3 Å². The predicted molar refractivity (Wildman–Crippen MR) is 84.4 cm³/mol. The summed E-state index contributed by atoms with van der Waals surface area (Å²) in [6.07, 6.45) is 8.41. The second-order valence-corrected chi connectivity index (χ2v) is 6.48. The maximum atomic E-state index is 4.55. The molecule has 0 amide bonds. The SMILES string of the molecule is c1csc(CN(c2ncnc3nc[nH]c23)C2CCCC2)c1. The highest BCUT2D eigenvalue weighted by molar-refractivity contribution is 7.09. The van der Waals surface area contributed by atoms with Gasteiger partial charge in [0, 0.05) is 10.9 Å². The second kappa shape index (κ2) is 5.44. The van der Waals surface area contributed by atoms with E-state index in [-0.39, 0.29) is 0 Å². The van der Waals surface area contributed by atoms with Crippen molar-refractivity contribution in [2.75, 3.05) is 4.90 Å². The minimum atomic E-state index is 0.563. The van der Waals surface area contributed by atoms with Crippen LogP contribution in [0.1, 0.15) is 30.6 Å². The van der Waals surface area contributed by atoms with Crippen molar-refractivity contribution in [2.45, 2.75) is 38.3 Å². The lowest BCUT2D eigenvalue weighted by Gasteiger charge is -2.29. The third-order valence-corrected chi connectivity index (χ3v) is 5.01. The number of nitrogens with zero attached hydrogens (tertiary/aromatic N) is 4. The largest absolute Gasteiger partial charge is 0.347 e. The van der Waals surface area contributed by atoms with Gasteiger partial charge < -0.3 is 9.88 Å². The molecule has 3 aromatic rings. The molecular formula is C15H17N5S. The maximum absolute atomic E-state index is 4.55. The molecule has 108 valence electrons. The molecule has 5 nitrogen and oxygen atoms in total. The first-order valence-electron chi connectivity index (χ1n) is 7.35. The molecule has 0 bridgehead atoms. The summed E-state index contributed by atoms with van der Waals surface area (Å²) in [5.74, 6) is 0.984. The van der Waals surface area contributed by atoms with Crippen molar-refractivity contribution >= 4 is 28.3 Å². The fourth-order valence-corrected chi connectivity index (χ4v) is 3.84. The van der Waals surface area contributed by atoms with Crippen molar-refractivity contribution in [3.8, 4) is 0 Å². The Morgan fingerprint density at radius 1 is 1.24 bits per heavy atom. The topological polar surface area (TPSA) is 57.7 Å². The Kier molecular flexibility index (Phi) is 3.31. The number of anilines is 1. The molecule has 0 aliphatic heterocycles. The third-order valence-electron chi connectivity index (χ3n) is 4.15. The first-order chi connectivity index (χ1) is 10.4. The van der Waals surface area contributed by atoms with Crippen molar-refractivity contribution in [3.05, 3.63) is 35.0 Å². The zero-order valence-electron chi connectivity index (χ0n) is 11.7. The number of H-pyrrole nitrogens is 1. The highest BCUT2D eigenvalue weighted by atomic mass is 32.1. The number of hydrogen-bond donors (Lipinski definition) is 1. The van der Waals surface area contributed by atoms with Crippen LogP contribution in [0.25, 0.3) is 11.2 Å². The highest BCUT2D eigenvalue weighted by Gasteiger charge is 2.26. The number of rotatable bonds is 4. The Labute approximate surface area is 127 Å². The van der Waals surface area contributed by atoms with E-state index in [9.17, 15) is 0 Å². The van der Waals surface area contributed by atoms with Gasteiger partial charge in [0.05, 0.1) is 12.9 Å². The Bertz CT molecular complexity index is 715. The summed E-state index contributed by atoms with van der Waals surface area (Å²) in [4.78, 5) is 20.0. The van der Waals surface area contributed by atoms with Gasteiger partial charge in [-0.3, -0.25) is 0 Å². The van der Waals surface area contributed by atoms with Crippen molar-refractivity contribution in [1.29, 1.82) is 0 Å². The smallest absolute Gasteiger partial charge is 0.182 e. The Morgan fingerprint density at radius 3 is 2.95 bits per heavy atom. The first-order valence-corrected chi connectivity index (χ1v) is 8.23. The van der Waals surface area contributed by atoms with Gasteiger partial charge >= 0.3 is 0 Å². The molecule has 0 spiro atoms.